The van der Waals surface area contributed by atoms with Gasteiger partial charge in [-0.15, -0.1) is 0 Å². The fourth-order valence-corrected chi connectivity index (χ4v) is 2.71. The van der Waals surface area contributed by atoms with Crippen LogP contribution in [0.25, 0.3) is 0 Å². The molecule has 0 spiro atoms. The third-order valence-electron chi connectivity index (χ3n) is 3.50. The Kier molecular flexibility index (Phi) is 3.83. The van der Waals surface area contributed by atoms with E-state index in [1.165, 1.54) is 11.3 Å². The summed E-state index contributed by atoms with van der Waals surface area (Å²) in [7, 11) is 1.90. The Morgan fingerprint density at radius 1 is 1.37 bits per heavy atom. The zero-order valence-electron chi connectivity index (χ0n) is 12.4. The molecule has 0 bridgehead atoms. The van der Waals surface area contributed by atoms with E-state index in [0.29, 0.717) is 12.3 Å². The minimum Gasteiger partial charge on any atom is -0.384 e. The average Bonchev–Trinajstić information content (AvgIpc) is 2.70. The van der Waals surface area contributed by atoms with Crippen LogP contribution in [0.15, 0.2) is 24.3 Å². The molecule has 1 heterocycles. The summed E-state index contributed by atoms with van der Waals surface area (Å²) >= 11 is 0. The molecular weight excluding hydrogens is 236 g/mol. The van der Waals surface area contributed by atoms with Gasteiger partial charge in [0.25, 0.3) is 0 Å². The highest BCUT2D eigenvalue weighted by molar-refractivity contribution is 5.78. The van der Waals surface area contributed by atoms with E-state index in [9.17, 15) is 4.79 Å². The molecule has 19 heavy (non-hydrogen) atoms. The molecule has 104 valence electrons. The van der Waals surface area contributed by atoms with Gasteiger partial charge in [0.2, 0.25) is 5.91 Å². The van der Waals surface area contributed by atoms with Gasteiger partial charge in [0.15, 0.2) is 0 Å². The van der Waals surface area contributed by atoms with E-state index in [1.54, 1.807) is 0 Å². The summed E-state index contributed by atoms with van der Waals surface area (Å²) in [6.45, 7) is 8.14. The van der Waals surface area contributed by atoms with E-state index < -0.39 is 0 Å². The molecule has 1 aromatic rings. The first kappa shape index (κ1) is 13.9. The van der Waals surface area contributed by atoms with Gasteiger partial charge in [0, 0.05) is 38.2 Å². The lowest BCUT2D eigenvalue weighted by molar-refractivity contribution is -0.131. The average molecular weight is 260 g/mol. The second kappa shape index (κ2) is 5.24. The SMILES string of the molecule is CN(CC(C)(C)C)C(=O)CC1CNc2ccccc21. The van der Waals surface area contributed by atoms with Crippen molar-refractivity contribution in [2.75, 3.05) is 25.5 Å². The van der Waals surface area contributed by atoms with E-state index in [0.717, 1.165) is 13.1 Å². The summed E-state index contributed by atoms with van der Waals surface area (Å²) in [4.78, 5) is 14.1. The van der Waals surface area contributed by atoms with Crippen LogP contribution < -0.4 is 5.32 Å². The molecular formula is C16H24N2O. The number of nitrogens with zero attached hydrogens (tertiary/aromatic N) is 1. The van der Waals surface area contributed by atoms with E-state index in [1.807, 2.05) is 24.1 Å². The van der Waals surface area contributed by atoms with Crippen LogP contribution in [0.4, 0.5) is 5.69 Å². The van der Waals surface area contributed by atoms with Crippen LogP contribution in [0.5, 0.6) is 0 Å². The molecule has 3 heteroatoms. The number of carbonyl (C=O) groups excluding carboxylic acids is 1. The summed E-state index contributed by atoms with van der Waals surface area (Å²) in [6.07, 6.45) is 0.594. The zero-order chi connectivity index (χ0) is 14.0. The van der Waals surface area contributed by atoms with Gasteiger partial charge in [-0.05, 0) is 17.0 Å². The van der Waals surface area contributed by atoms with Gasteiger partial charge in [0.05, 0.1) is 0 Å². The van der Waals surface area contributed by atoms with Crippen LogP contribution in [0.3, 0.4) is 0 Å². The predicted molar refractivity (Wildman–Crippen MR) is 79.4 cm³/mol. The highest BCUT2D eigenvalue weighted by atomic mass is 16.2. The van der Waals surface area contributed by atoms with E-state index >= 15 is 0 Å². The van der Waals surface area contributed by atoms with Crippen LogP contribution in [-0.2, 0) is 4.79 Å². The molecule has 1 aromatic carbocycles. The van der Waals surface area contributed by atoms with Gasteiger partial charge in [-0.2, -0.15) is 0 Å². The maximum Gasteiger partial charge on any atom is 0.223 e. The standard InChI is InChI=1S/C16H24N2O/c1-16(2,3)11-18(4)15(19)9-12-10-17-14-8-6-5-7-13(12)14/h5-8,12,17H,9-11H2,1-4H3. The van der Waals surface area contributed by atoms with E-state index in [-0.39, 0.29) is 11.3 Å². The Morgan fingerprint density at radius 2 is 2.05 bits per heavy atom. The van der Waals surface area contributed by atoms with Crippen molar-refractivity contribution in [3.63, 3.8) is 0 Å². The summed E-state index contributed by atoms with van der Waals surface area (Å²) in [5.74, 6) is 0.546. The van der Waals surface area contributed by atoms with Crippen LogP contribution in [-0.4, -0.2) is 30.9 Å². The van der Waals surface area contributed by atoms with Gasteiger partial charge in [-0.3, -0.25) is 4.79 Å². The largest absolute Gasteiger partial charge is 0.384 e. The first-order valence-corrected chi connectivity index (χ1v) is 6.93. The Bertz CT molecular complexity index is 462. The van der Waals surface area contributed by atoms with Crippen molar-refractivity contribution in [2.45, 2.75) is 33.1 Å². The van der Waals surface area contributed by atoms with Gasteiger partial charge >= 0.3 is 0 Å². The molecule has 3 nitrogen and oxygen atoms in total. The summed E-state index contributed by atoms with van der Waals surface area (Å²) in [6, 6.07) is 8.28. The minimum absolute atomic E-state index is 0.149. The van der Waals surface area contributed by atoms with Crippen molar-refractivity contribution in [3.05, 3.63) is 29.8 Å². The number of benzene rings is 1. The Labute approximate surface area is 116 Å². The molecule has 2 rings (SSSR count). The Balaban J connectivity index is 1.97. The molecule has 1 aliphatic rings. The molecule has 0 saturated heterocycles. The van der Waals surface area contributed by atoms with E-state index in [2.05, 4.69) is 38.2 Å². The number of hydrogen-bond acceptors (Lipinski definition) is 2. The van der Waals surface area contributed by atoms with E-state index in [4.69, 9.17) is 0 Å². The van der Waals surface area contributed by atoms with Crippen LogP contribution >= 0.6 is 0 Å². The third kappa shape index (κ3) is 3.49. The van der Waals surface area contributed by atoms with Gasteiger partial charge in [-0.1, -0.05) is 39.0 Å². The number of carbonyl (C=O) groups is 1. The van der Waals surface area contributed by atoms with Gasteiger partial charge in [-0.25, -0.2) is 0 Å². The van der Waals surface area contributed by atoms with Crippen LogP contribution in [0.2, 0.25) is 0 Å². The number of amides is 1. The number of anilines is 1. The fourth-order valence-electron chi connectivity index (χ4n) is 2.71. The van der Waals surface area contributed by atoms with Crippen molar-refractivity contribution >= 4 is 11.6 Å². The number of nitrogens with one attached hydrogen (secondary N) is 1. The van der Waals surface area contributed by atoms with Gasteiger partial charge < -0.3 is 10.2 Å². The number of rotatable bonds is 3. The maximum absolute atomic E-state index is 12.3. The normalized spacial score (nSPS) is 17.8. The maximum atomic E-state index is 12.3. The number of fused-ring (bicyclic) bond motifs is 1. The molecule has 0 saturated carbocycles. The Morgan fingerprint density at radius 3 is 2.74 bits per heavy atom. The Hall–Kier alpha value is -1.51. The quantitative estimate of drug-likeness (QED) is 0.905. The molecule has 0 aliphatic carbocycles. The molecule has 1 amide bonds. The molecule has 0 fully saturated rings. The van der Waals surface area contributed by atoms with Crippen molar-refractivity contribution in [1.29, 1.82) is 0 Å². The predicted octanol–water partition coefficient (Wildman–Crippen LogP) is 3.09. The third-order valence-corrected chi connectivity index (χ3v) is 3.50. The summed E-state index contributed by atoms with van der Waals surface area (Å²) < 4.78 is 0. The lowest BCUT2D eigenvalue weighted by Gasteiger charge is -2.27. The monoisotopic (exact) mass is 260 g/mol. The molecule has 1 N–H and O–H groups in total. The zero-order valence-corrected chi connectivity index (χ0v) is 12.4. The first-order chi connectivity index (χ1) is 8.87. The van der Waals surface area contributed by atoms with Crippen LogP contribution in [0, 0.1) is 5.41 Å². The summed E-state index contributed by atoms with van der Waals surface area (Å²) in [5, 5.41) is 3.37. The lowest BCUT2D eigenvalue weighted by Crippen LogP contribution is -2.35. The molecule has 1 atom stereocenters. The van der Waals surface area contributed by atoms with Crippen molar-refractivity contribution < 1.29 is 4.79 Å². The van der Waals surface area contributed by atoms with Gasteiger partial charge in [0.1, 0.15) is 0 Å². The second-order valence-electron chi connectivity index (χ2n) is 6.68. The minimum atomic E-state index is 0.149. The smallest absolute Gasteiger partial charge is 0.223 e. The summed E-state index contributed by atoms with van der Waals surface area (Å²) in [5.41, 5.74) is 2.61. The molecule has 0 radical (unpaired) electrons. The highest BCUT2D eigenvalue weighted by Gasteiger charge is 2.26. The van der Waals surface area contributed by atoms with Crippen molar-refractivity contribution in [2.24, 2.45) is 5.41 Å². The lowest BCUT2D eigenvalue weighted by atomic mass is 9.94. The highest BCUT2D eigenvalue weighted by Crippen LogP contribution is 2.33. The van der Waals surface area contributed by atoms with Crippen molar-refractivity contribution in [3.8, 4) is 0 Å². The molecule has 1 unspecified atom stereocenters. The molecule has 1 aliphatic heterocycles. The number of para-hydroxylation sites is 1. The topological polar surface area (TPSA) is 32.3 Å². The number of hydrogen-bond donors (Lipinski definition) is 1. The second-order valence-corrected chi connectivity index (χ2v) is 6.68. The van der Waals surface area contributed by atoms with Crippen LogP contribution in [0.1, 0.15) is 38.7 Å². The molecule has 0 aromatic heterocycles. The van der Waals surface area contributed by atoms with Crippen molar-refractivity contribution in [1.82, 2.24) is 4.90 Å². The first-order valence-electron chi connectivity index (χ1n) is 6.93. The fraction of sp³-hybridized carbons (Fsp3) is 0.562.